The molecular weight excluding hydrogens is 384 g/mol. The number of imidazole rings is 1. The molecule has 2 amide bonds. The lowest BCUT2D eigenvalue weighted by Crippen LogP contribution is -2.26. The molecule has 2 N–H and O–H groups in total. The van der Waals surface area contributed by atoms with Crippen LogP contribution in [0.5, 0.6) is 0 Å². The Hall–Kier alpha value is -2.80. The number of aromatic amines is 1. The number of carbonyl (C=O) groups excluding carboxylic acids is 2. The van der Waals surface area contributed by atoms with Crippen LogP contribution in [0, 0.1) is 0 Å². The third-order valence-corrected chi connectivity index (χ3v) is 6.19. The Morgan fingerprint density at radius 2 is 2.14 bits per heavy atom. The molecule has 4 rings (SSSR count). The highest BCUT2D eigenvalue weighted by Gasteiger charge is 2.21. The fraction of sp³-hybridized carbons (Fsp3) is 0.318. The van der Waals surface area contributed by atoms with Gasteiger partial charge in [0.1, 0.15) is 5.82 Å². The first kappa shape index (κ1) is 19.5. The first-order valence-electron chi connectivity index (χ1n) is 9.82. The van der Waals surface area contributed by atoms with Crippen LogP contribution < -0.4 is 10.2 Å². The van der Waals surface area contributed by atoms with Gasteiger partial charge in [-0.2, -0.15) is 0 Å². The number of hydrogen-bond donors (Lipinski definition) is 2. The van der Waals surface area contributed by atoms with Gasteiger partial charge < -0.3 is 15.2 Å². The quantitative estimate of drug-likeness (QED) is 0.623. The highest BCUT2D eigenvalue weighted by molar-refractivity contribution is 8.00. The Morgan fingerprint density at radius 3 is 2.93 bits per heavy atom. The van der Waals surface area contributed by atoms with E-state index >= 15 is 0 Å². The molecule has 2 heterocycles. The maximum atomic E-state index is 12.3. The van der Waals surface area contributed by atoms with Gasteiger partial charge in [-0.05, 0) is 43.2 Å². The van der Waals surface area contributed by atoms with E-state index in [4.69, 9.17) is 0 Å². The molecule has 0 bridgehead atoms. The molecule has 2 aromatic carbocycles. The van der Waals surface area contributed by atoms with Crippen molar-refractivity contribution in [2.45, 2.75) is 31.6 Å². The van der Waals surface area contributed by atoms with Gasteiger partial charge in [-0.25, -0.2) is 4.98 Å². The van der Waals surface area contributed by atoms with Crippen LogP contribution in [0.2, 0.25) is 0 Å². The smallest absolute Gasteiger partial charge is 0.230 e. The summed E-state index contributed by atoms with van der Waals surface area (Å²) in [7, 11) is 0. The van der Waals surface area contributed by atoms with Crippen molar-refractivity contribution in [2.75, 3.05) is 17.2 Å². The van der Waals surface area contributed by atoms with Crippen LogP contribution in [0.1, 0.15) is 36.4 Å². The number of fused-ring (bicyclic) bond motifs is 1. The minimum atomic E-state index is -0.0133. The third-order valence-electron chi connectivity index (χ3n) is 5.04. The first-order chi connectivity index (χ1) is 14.1. The van der Waals surface area contributed by atoms with E-state index in [1.165, 1.54) is 0 Å². The number of thioether (sulfide) groups is 1. The topological polar surface area (TPSA) is 78.1 Å². The maximum Gasteiger partial charge on any atom is 0.230 e. The number of nitrogens with one attached hydrogen (secondary N) is 2. The second-order valence-corrected chi connectivity index (χ2v) is 8.52. The summed E-state index contributed by atoms with van der Waals surface area (Å²) in [6.07, 6.45) is 1.52. The zero-order valence-electron chi connectivity index (χ0n) is 16.4. The Morgan fingerprint density at radius 1 is 1.28 bits per heavy atom. The molecule has 1 saturated heterocycles. The van der Waals surface area contributed by atoms with Crippen molar-refractivity contribution < 1.29 is 9.59 Å². The van der Waals surface area contributed by atoms with Gasteiger partial charge in [0.05, 0.1) is 22.0 Å². The van der Waals surface area contributed by atoms with Crippen molar-refractivity contribution in [3.8, 4) is 0 Å². The molecule has 1 aliphatic heterocycles. The van der Waals surface area contributed by atoms with Crippen LogP contribution in [0.4, 0.5) is 5.69 Å². The van der Waals surface area contributed by atoms with Crippen molar-refractivity contribution in [2.24, 2.45) is 0 Å². The minimum absolute atomic E-state index is 0.0133. The molecule has 0 aliphatic carbocycles. The fourth-order valence-electron chi connectivity index (χ4n) is 3.45. The van der Waals surface area contributed by atoms with Crippen LogP contribution in [0.3, 0.4) is 0 Å². The lowest BCUT2D eigenvalue weighted by Gasteiger charge is -2.16. The first-order valence-corrected chi connectivity index (χ1v) is 10.9. The average molecular weight is 409 g/mol. The second kappa shape index (κ2) is 8.69. The van der Waals surface area contributed by atoms with Crippen LogP contribution in [-0.2, 0) is 16.1 Å². The Kier molecular flexibility index (Phi) is 5.85. The molecule has 0 radical (unpaired) electrons. The molecule has 29 heavy (non-hydrogen) atoms. The van der Waals surface area contributed by atoms with Gasteiger partial charge in [0, 0.05) is 25.2 Å². The number of aromatic nitrogens is 2. The minimum Gasteiger partial charge on any atom is -0.351 e. The molecule has 1 atom stereocenters. The predicted molar refractivity (Wildman–Crippen MR) is 117 cm³/mol. The van der Waals surface area contributed by atoms with E-state index in [1.54, 1.807) is 11.8 Å². The number of rotatable bonds is 7. The Balaban J connectivity index is 1.28. The number of nitrogens with zero attached hydrogens (tertiary/aromatic N) is 2. The molecule has 6 nitrogen and oxygen atoms in total. The summed E-state index contributed by atoms with van der Waals surface area (Å²) in [5, 5.41) is 3.06. The SMILES string of the molecule is CC(SCC(=O)NCc1cccc(N2CCCC2=O)c1)c1nc2ccccc2[nH]1. The van der Waals surface area contributed by atoms with E-state index < -0.39 is 0 Å². The average Bonchev–Trinajstić information content (AvgIpc) is 3.36. The number of amides is 2. The standard InChI is InChI=1S/C22H24N4O2S/c1-15(22-24-18-8-2-3-9-19(18)25-22)29-14-20(27)23-13-16-6-4-7-17(12-16)26-11-5-10-21(26)28/h2-4,6-9,12,15H,5,10-11,13-14H2,1H3,(H,23,27)(H,24,25). The molecule has 0 saturated carbocycles. The summed E-state index contributed by atoms with van der Waals surface area (Å²) in [4.78, 5) is 33.9. The number of para-hydroxylation sites is 2. The zero-order valence-corrected chi connectivity index (χ0v) is 17.2. The van der Waals surface area contributed by atoms with Crippen molar-refractivity contribution in [1.29, 1.82) is 0 Å². The van der Waals surface area contributed by atoms with Gasteiger partial charge in [-0.3, -0.25) is 9.59 Å². The van der Waals surface area contributed by atoms with Crippen molar-refractivity contribution in [3.05, 3.63) is 59.9 Å². The van der Waals surface area contributed by atoms with E-state index in [0.717, 1.165) is 41.1 Å². The van der Waals surface area contributed by atoms with E-state index in [0.29, 0.717) is 18.7 Å². The molecule has 7 heteroatoms. The van der Waals surface area contributed by atoms with E-state index in [2.05, 4.69) is 15.3 Å². The highest BCUT2D eigenvalue weighted by atomic mass is 32.2. The summed E-state index contributed by atoms with van der Waals surface area (Å²) in [6.45, 7) is 3.27. The summed E-state index contributed by atoms with van der Waals surface area (Å²) < 4.78 is 0. The third kappa shape index (κ3) is 4.62. The molecule has 3 aromatic rings. The van der Waals surface area contributed by atoms with Crippen molar-refractivity contribution in [1.82, 2.24) is 15.3 Å². The highest BCUT2D eigenvalue weighted by Crippen LogP contribution is 2.27. The van der Waals surface area contributed by atoms with Crippen molar-refractivity contribution in [3.63, 3.8) is 0 Å². The lowest BCUT2D eigenvalue weighted by molar-refractivity contribution is -0.119. The lowest BCUT2D eigenvalue weighted by atomic mass is 10.2. The molecular formula is C22H24N4O2S. The number of anilines is 1. The van der Waals surface area contributed by atoms with Gasteiger partial charge in [0.2, 0.25) is 11.8 Å². The van der Waals surface area contributed by atoms with E-state index in [1.807, 2.05) is 60.4 Å². The van der Waals surface area contributed by atoms with Gasteiger partial charge in [0.15, 0.2) is 0 Å². The van der Waals surface area contributed by atoms with Gasteiger partial charge in [-0.15, -0.1) is 11.8 Å². The summed E-state index contributed by atoms with van der Waals surface area (Å²) in [6, 6.07) is 15.7. The summed E-state index contributed by atoms with van der Waals surface area (Å²) in [5.41, 5.74) is 3.85. The molecule has 1 aromatic heterocycles. The number of benzene rings is 2. The fourth-order valence-corrected chi connectivity index (χ4v) is 4.22. The van der Waals surface area contributed by atoms with Crippen molar-refractivity contribution >= 4 is 40.3 Å². The molecule has 150 valence electrons. The van der Waals surface area contributed by atoms with Crippen LogP contribution in [0.25, 0.3) is 11.0 Å². The monoisotopic (exact) mass is 408 g/mol. The predicted octanol–water partition coefficient (Wildman–Crippen LogP) is 3.80. The zero-order chi connectivity index (χ0) is 20.2. The van der Waals surface area contributed by atoms with Crippen LogP contribution in [-0.4, -0.2) is 34.1 Å². The number of carbonyl (C=O) groups is 2. The number of hydrogen-bond acceptors (Lipinski definition) is 4. The molecule has 1 aliphatic rings. The van der Waals surface area contributed by atoms with Gasteiger partial charge in [0.25, 0.3) is 0 Å². The second-order valence-electron chi connectivity index (χ2n) is 7.19. The number of H-pyrrole nitrogens is 1. The molecule has 1 fully saturated rings. The summed E-state index contributed by atoms with van der Waals surface area (Å²) >= 11 is 1.55. The van der Waals surface area contributed by atoms with E-state index in [9.17, 15) is 9.59 Å². The maximum absolute atomic E-state index is 12.3. The normalized spacial score (nSPS) is 15.1. The Labute approximate surface area is 174 Å². The van der Waals surface area contributed by atoms with Gasteiger partial charge in [-0.1, -0.05) is 24.3 Å². The largest absolute Gasteiger partial charge is 0.351 e. The summed E-state index contributed by atoms with van der Waals surface area (Å²) in [5.74, 6) is 1.40. The molecule has 0 spiro atoms. The van der Waals surface area contributed by atoms with E-state index in [-0.39, 0.29) is 17.1 Å². The van der Waals surface area contributed by atoms with Crippen LogP contribution >= 0.6 is 11.8 Å². The Bertz CT molecular complexity index is 999. The van der Waals surface area contributed by atoms with Gasteiger partial charge >= 0.3 is 0 Å². The molecule has 1 unspecified atom stereocenters. The van der Waals surface area contributed by atoms with Crippen LogP contribution in [0.15, 0.2) is 48.5 Å².